The van der Waals surface area contributed by atoms with Gasteiger partial charge >= 0.3 is 0 Å². The summed E-state index contributed by atoms with van der Waals surface area (Å²) in [5.41, 5.74) is 2.90. The van der Waals surface area contributed by atoms with Crippen LogP contribution in [0.5, 0.6) is 0 Å². The lowest BCUT2D eigenvalue weighted by molar-refractivity contribution is -0.116. The van der Waals surface area contributed by atoms with Crippen molar-refractivity contribution < 1.29 is 9.18 Å². The smallest absolute Gasteiger partial charge is 0.247 e. The zero-order chi connectivity index (χ0) is 18.1. The molecule has 0 radical (unpaired) electrons. The van der Waals surface area contributed by atoms with E-state index in [9.17, 15) is 9.18 Å². The van der Waals surface area contributed by atoms with E-state index in [4.69, 9.17) is 0 Å². The predicted octanol–water partition coefficient (Wildman–Crippen LogP) is 2.70. The fraction of sp³-hybridized carbons (Fsp3) is 0.111. The normalized spacial score (nSPS) is 11.0. The molecule has 4 rings (SSSR count). The molecule has 0 aliphatic carbocycles. The molecule has 0 bridgehead atoms. The standard InChI is InChI=1S/C18H15FN6O/c1-12-10-17(25(22-12)14-8-6-13(19)7-9-14)20-18(26)11-24-16-5-3-2-4-15(16)21-23-24/h2-10H,11H2,1H3,(H,20,26). The first-order chi connectivity index (χ1) is 12.6. The molecule has 0 spiro atoms. The van der Waals surface area contributed by atoms with Gasteiger partial charge in [0, 0.05) is 6.07 Å². The van der Waals surface area contributed by atoms with Gasteiger partial charge in [0.1, 0.15) is 23.7 Å². The van der Waals surface area contributed by atoms with E-state index in [1.165, 1.54) is 16.8 Å². The van der Waals surface area contributed by atoms with E-state index in [0.29, 0.717) is 11.5 Å². The van der Waals surface area contributed by atoms with Gasteiger partial charge in [-0.15, -0.1) is 5.10 Å². The monoisotopic (exact) mass is 350 g/mol. The van der Waals surface area contributed by atoms with Crippen LogP contribution in [0.25, 0.3) is 16.7 Å². The van der Waals surface area contributed by atoms with Gasteiger partial charge in [-0.1, -0.05) is 17.3 Å². The van der Waals surface area contributed by atoms with Gasteiger partial charge in [-0.2, -0.15) is 5.10 Å². The topological polar surface area (TPSA) is 77.6 Å². The van der Waals surface area contributed by atoms with Crippen molar-refractivity contribution in [3.8, 4) is 5.69 Å². The summed E-state index contributed by atoms with van der Waals surface area (Å²) in [6.07, 6.45) is 0. The van der Waals surface area contributed by atoms with Crippen molar-refractivity contribution >= 4 is 22.8 Å². The van der Waals surface area contributed by atoms with E-state index in [0.717, 1.165) is 16.7 Å². The molecular formula is C18H15FN6O. The summed E-state index contributed by atoms with van der Waals surface area (Å²) in [5, 5.41) is 15.2. The molecule has 130 valence electrons. The molecule has 2 aromatic carbocycles. The lowest BCUT2D eigenvalue weighted by Crippen LogP contribution is -2.21. The van der Waals surface area contributed by atoms with Crippen LogP contribution in [-0.4, -0.2) is 30.7 Å². The third-order valence-corrected chi connectivity index (χ3v) is 3.88. The Morgan fingerprint density at radius 3 is 2.73 bits per heavy atom. The number of nitrogens with one attached hydrogen (secondary N) is 1. The van der Waals surface area contributed by atoms with Crippen LogP contribution < -0.4 is 5.32 Å². The van der Waals surface area contributed by atoms with Gasteiger partial charge in [0.05, 0.1) is 16.9 Å². The highest BCUT2D eigenvalue weighted by Gasteiger charge is 2.13. The van der Waals surface area contributed by atoms with Crippen molar-refractivity contribution in [2.75, 3.05) is 5.32 Å². The molecule has 2 heterocycles. The Balaban J connectivity index is 1.57. The Morgan fingerprint density at radius 1 is 1.15 bits per heavy atom. The number of benzene rings is 2. The number of anilines is 1. The molecule has 8 heteroatoms. The highest BCUT2D eigenvalue weighted by atomic mass is 19.1. The van der Waals surface area contributed by atoms with E-state index < -0.39 is 0 Å². The third-order valence-electron chi connectivity index (χ3n) is 3.88. The minimum absolute atomic E-state index is 0.0220. The van der Waals surface area contributed by atoms with Crippen molar-refractivity contribution in [3.05, 3.63) is 66.1 Å². The average Bonchev–Trinajstić information content (AvgIpc) is 3.19. The number of halogens is 1. The summed E-state index contributed by atoms with van der Waals surface area (Å²) < 4.78 is 16.2. The predicted molar refractivity (Wildman–Crippen MR) is 94.4 cm³/mol. The minimum atomic E-state index is -0.332. The molecular weight excluding hydrogens is 335 g/mol. The minimum Gasteiger partial charge on any atom is -0.309 e. The van der Waals surface area contributed by atoms with Gasteiger partial charge in [-0.25, -0.2) is 13.8 Å². The number of nitrogens with zero attached hydrogens (tertiary/aromatic N) is 5. The second-order valence-electron chi connectivity index (χ2n) is 5.84. The molecule has 0 aliphatic heterocycles. The summed E-state index contributed by atoms with van der Waals surface area (Å²) in [6, 6.07) is 15.1. The molecule has 0 saturated carbocycles. The van der Waals surface area contributed by atoms with Crippen molar-refractivity contribution in [3.63, 3.8) is 0 Å². The number of hydrogen-bond acceptors (Lipinski definition) is 4. The van der Waals surface area contributed by atoms with E-state index in [1.807, 2.05) is 31.2 Å². The van der Waals surface area contributed by atoms with Crippen LogP contribution in [0.15, 0.2) is 54.6 Å². The Hall–Kier alpha value is -3.55. The Labute approximate surface area is 148 Å². The molecule has 0 fully saturated rings. The van der Waals surface area contributed by atoms with Gasteiger partial charge in [-0.3, -0.25) is 4.79 Å². The summed E-state index contributed by atoms with van der Waals surface area (Å²) in [6.45, 7) is 1.84. The Bertz CT molecular complexity index is 1080. The number of amides is 1. The van der Waals surface area contributed by atoms with Gasteiger partial charge in [0.25, 0.3) is 0 Å². The number of rotatable bonds is 4. The van der Waals surface area contributed by atoms with E-state index >= 15 is 0 Å². The van der Waals surface area contributed by atoms with Crippen molar-refractivity contribution in [2.24, 2.45) is 0 Å². The Kier molecular flexibility index (Phi) is 3.92. The average molecular weight is 350 g/mol. The van der Waals surface area contributed by atoms with Crippen molar-refractivity contribution in [1.29, 1.82) is 0 Å². The molecule has 0 atom stereocenters. The first-order valence-electron chi connectivity index (χ1n) is 8.01. The molecule has 0 saturated heterocycles. The largest absolute Gasteiger partial charge is 0.309 e. The molecule has 4 aromatic rings. The lowest BCUT2D eigenvalue weighted by Gasteiger charge is -2.09. The lowest BCUT2D eigenvalue weighted by atomic mass is 10.3. The van der Waals surface area contributed by atoms with Crippen LogP contribution in [0, 0.1) is 12.7 Å². The van der Waals surface area contributed by atoms with Gasteiger partial charge < -0.3 is 5.32 Å². The fourth-order valence-corrected chi connectivity index (χ4v) is 2.72. The van der Waals surface area contributed by atoms with Crippen LogP contribution in [0.1, 0.15) is 5.69 Å². The quantitative estimate of drug-likeness (QED) is 0.614. The van der Waals surface area contributed by atoms with Crippen LogP contribution in [0.3, 0.4) is 0 Å². The van der Waals surface area contributed by atoms with E-state index in [-0.39, 0.29) is 18.3 Å². The maximum atomic E-state index is 13.1. The zero-order valence-electron chi connectivity index (χ0n) is 13.9. The zero-order valence-corrected chi connectivity index (χ0v) is 13.9. The molecule has 7 nitrogen and oxygen atoms in total. The number of para-hydroxylation sites is 1. The number of carbonyl (C=O) groups is 1. The van der Waals surface area contributed by atoms with Gasteiger partial charge in [0.15, 0.2) is 0 Å². The third kappa shape index (κ3) is 3.04. The molecule has 1 N–H and O–H groups in total. The van der Waals surface area contributed by atoms with Crippen molar-refractivity contribution in [2.45, 2.75) is 13.5 Å². The second-order valence-corrected chi connectivity index (χ2v) is 5.84. The van der Waals surface area contributed by atoms with Crippen LogP contribution in [0.2, 0.25) is 0 Å². The fourth-order valence-electron chi connectivity index (χ4n) is 2.72. The van der Waals surface area contributed by atoms with Crippen molar-refractivity contribution in [1.82, 2.24) is 24.8 Å². The van der Waals surface area contributed by atoms with Gasteiger partial charge in [-0.05, 0) is 43.3 Å². The first-order valence-corrected chi connectivity index (χ1v) is 8.01. The van der Waals surface area contributed by atoms with Crippen LogP contribution in [-0.2, 0) is 11.3 Å². The molecule has 0 aliphatic rings. The number of aryl methyl sites for hydroxylation is 1. The summed E-state index contributed by atoms with van der Waals surface area (Å²) in [7, 11) is 0. The molecule has 0 unspecified atom stereocenters. The molecule has 1 amide bonds. The second kappa shape index (κ2) is 6.40. The van der Waals surface area contributed by atoms with E-state index in [1.54, 1.807) is 22.9 Å². The SMILES string of the molecule is Cc1cc(NC(=O)Cn2nnc3ccccc32)n(-c2ccc(F)cc2)n1. The van der Waals surface area contributed by atoms with Gasteiger partial charge in [0.2, 0.25) is 5.91 Å². The number of fused-ring (bicyclic) bond motifs is 1. The van der Waals surface area contributed by atoms with Crippen LogP contribution in [0.4, 0.5) is 10.2 Å². The first kappa shape index (κ1) is 15.9. The molecule has 26 heavy (non-hydrogen) atoms. The highest BCUT2D eigenvalue weighted by molar-refractivity contribution is 5.91. The van der Waals surface area contributed by atoms with Crippen LogP contribution >= 0.6 is 0 Å². The maximum Gasteiger partial charge on any atom is 0.247 e. The number of aromatic nitrogens is 5. The summed E-state index contributed by atoms with van der Waals surface area (Å²) in [5.74, 6) is -0.0892. The summed E-state index contributed by atoms with van der Waals surface area (Å²) in [4.78, 5) is 12.5. The highest BCUT2D eigenvalue weighted by Crippen LogP contribution is 2.18. The number of carbonyl (C=O) groups excluding carboxylic acids is 1. The summed E-state index contributed by atoms with van der Waals surface area (Å²) >= 11 is 0. The molecule has 2 aromatic heterocycles. The maximum absolute atomic E-state index is 13.1. The Morgan fingerprint density at radius 2 is 1.92 bits per heavy atom. The van der Waals surface area contributed by atoms with E-state index in [2.05, 4.69) is 20.7 Å². The number of hydrogen-bond donors (Lipinski definition) is 1.